The van der Waals surface area contributed by atoms with Gasteiger partial charge in [0.15, 0.2) is 0 Å². The molecule has 0 aromatic heterocycles. The Hall–Kier alpha value is -2.26. The zero-order valence-electron chi connectivity index (χ0n) is 10.2. The van der Waals surface area contributed by atoms with Crippen LogP contribution in [0, 0.1) is 28.6 Å². The van der Waals surface area contributed by atoms with E-state index in [2.05, 4.69) is 13.8 Å². The van der Waals surface area contributed by atoms with Gasteiger partial charge in [-0.25, -0.2) is 0 Å². The molecule has 0 aromatic carbocycles. The van der Waals surface area contributed by atoms with Crippen LogP contribution in [0.1, 0.15) is 13.8 Å². The summed E-state index contributed by atoms with van der Waals surface area (Å²) < 4.78 is 5.26. The maximum absolute atomic E-state index is 8.89. The Labute approximate surface area is 102 Å². The van der Waals surface area contributed by atoms with Crippen molar-refractivity contribution in [2.45, 2.75) is 13.8 Å². The lowest BCUT2D eigenvalue weighted by Gasteiger charge is -2.09. The van der Waals surface area contributed by atoms with Crippen LogP contribution in [0.2, 0.25) is 0 Å². The monoisotopic (exact) mass is 226 g/mol. The number of methoxy groups -OCH3 is 1. The first kappa shape index (κ1) is 12.8. The first-order chi connectivity index (χ1) is 8.13. The van der Waals surface area contributed by atoms with Crippen molar-refractivity contribution in [2.24, 2.45) is 5.92 Å². The van der Waals surface area contributed by atoms with Crippen LogP contribution in [-0.2, 0) is 4.74 Å². The molecule has 0 unspecified atom stereocenters. The molecule has 0 amide bonds. The molecule has 0 radical (unpaired) electrons. The molecule has 0 spiro atoms. The van der Waals surface area contributed by atoms with Crippen LogP contribution in [-0.4, -0.2) is 7.11 Å². The van der Waals surface area contributed by atoms with Gasteiger partial charge in [-0.05, 0) is 23.6 Å². The van der Waals surface area contributed by atoms with Crippen molar-refractivity contribution in [1.29, 1.82) is 10.5 Å². The lowest BCUT2D eigenvalue weighted by Crippen LogP contribution is -1.96. The number of hydrogen-bond donors (Lipinski definition) is 0. The average molecular weight is 226 g/mol. The summed E-state index contributed by atoms with van der Waals surface area (Å²) in [6.45, 7) is 4.15. The van der Waals surface area contributed by atoms with E-state index in [1.54, 1.807) is 6.08 Å². The highest BCUT2D eigenvalue weighted by molar-refractivity contribution is 5.55. The van der Waals surface area contributed by atoms with E-state index in [-0.39, 0.29) is 5.57 Å². The summed E-state index contributed by atoms with van der Waals surface area (Å²) >= 11 is 0. The average Bonchev–Trinajstić information content (AvgIpc) is 2.53. The Bertz CT molecular complexity index is 489. The first-order valence-corrected chi connectivity index (χ1v) is 5.32. The lowest BCUT2D eigenvalue weighted by molar-refractivity contribution is 0.302. The highest BCUT2D eigenvalue weighted by atomic mass is 16.5. The Kier molecular flexibility index (Phi) is 4.31. The van der Waals surface area contributed by atoms with Gasteiger partial charge in [-0.3, -0.25) is 0 Å². The second-order valence-corrected chi connectivity index (χ2v) is 3.91. The van der Waals surface area contributed by atoms with Crippen molar-refractivity contribution in [3.8, 4) is 12.1 Å². The molecule has 86 valence electrons. The molecule has 0 aromatic rings. The van der Waals surface area contributed by atoms with Crippen LogP contribution < -0.4 is 0 Å². The quantitative estimate of drug-likeness (QED) is 0.680. The van der Waals surface area contributed by atoms with Crippen molar-refractivity contribution in [1.82, 2.24) is 0 Å². The van der Waals surface area contributed by atoms with Gasteiger partial charge in [0.25, 0.3) is 0 Å². The fraction of sp³-hybridized carbons (Fsp3) is 0.286. The molecular weight excluding hydrogens is 212 g/mol. The van der Waals surface area contributed by atoms with Crippen molar-refractivity contribution in [3.63, 3.8) is 0 Å². The van der Waals surface area contributed by atoms with Gasteiger partial charge in [0, 0.05) is 5.57 Å². The third kappa shape index (κ3) is 2.86. The molecule has 0 atom stereocenters. The summed E-state index contributed by atoms with van der Waals surface area (Å²) in [5.41, 5.74) is 1.69. The number of hydrogen-bond acceptors (Lipinski definition) is 3. The third-order valence-corrected chi connectivity index (χ3v) is 2.49. The molecule has 0 heterocycles. The molecule has 1 rings (SSSR count). The predicted molar refractivity (Wildman–Crippen MR) is 65.4 cm³/mol. The minimum absolute atomic E-state index is 0.0627. The van der Waals surface area contributed by atoms with Crippen molar-refractivity contribution >= 4 is 0 Å². The molecule has 17 heavy (non-hydrogen) atoms. The zero-order chi connectivity index (χ0) is 12.8. The molecule has 1 aliphatic rings. The summed E-state index contributed by atoms with van der Waals surface area (Å²) in [4.78, 5) is 0. The Morgan fingerprint density at radius 3 is 2.41 bits per heavy atom. The van der Waals surface area contributed by atoms with Gasteiger partial charge in [-0.2, -0.15) is 10.5 Å². The lowest BCUT2D eigenvalue weighted by atomic mass is 10.0. The molecule has 0 aliphatic heterocycles. The summed E-state index contributed by atoms with van der Waals surface area (Å²) in [5, 5.41) is 17.8. The normalized spacial score (nSPS) is 14.4. The van der Waals surface area contributed by atoms with Crippen LogP contribution >= 0.6 is 0 Å². The predicted octanol–water partition coefficient (Wildman–Crippen LogP) is 3.01. The zero-order valence-corrected chi connectivity index (χ0v) is 10.2. The summed E-state index contributed by atoms with van der Waals surface area (Å²) in [7, 11) is 1.54. The topological polar surface area (TPSA) is 56.8 Å². The number of rotatable bonds is 2. The van der Waals surface area contributed by atoms with E-state index in [0.717, 1.165) is 5.57 Å². The van der Waals surface area contributed by atoms with Crippen LogP contribution in [0.15, 0.2) is 46.8 Å². The Morgan fingerprint density at radius 2 is 1.94 bits per heavy atom. The molecule has 3 heteroatoms. The van der Waals surface area contributed by atoms with Crippen LogP contribution in [0.3, 0.4) is 0 Å². The third-order valence-electron chi connectivity index (χ3n) is 2.49. The Morgan fingerprint density at radius 1 is 1.29 bits per heavy atom. The highest BCUT2D eigenvalue weighted by Crippen LogP contribution is 2.24. The number of allylic oxidation sites excluding steroid dienone is 6. The van der Waals surface area contributed by atoms with E-state index < -0.39 is 0 Å². The molecule has 0 fully saturated rings. The van der Waals surface area contributed by atoms with Gasteiger partial charge in [-0.1, -0.05) is 26.0 Å². The number of ether oxygens (including phenoxy) is 1. The van der Waals surface area contributed by atoms with Crippen molar-refractivity contribution in [2.75, 3.05) is 7.11 Å². The van der Waals surface area contributed by atoms with Gasteiger partial charge in [0.2, 0.25) is 0 Å². The van der Waals surface area contributed by atoms with E-state index in [1.807, 2.05) is 30.4 Å². The Balaban J connectivity index is 3.35. The maximum Gasteiger partial charge on any atom is 0.140 e. The molecule has 0 saturated heterocycles. The molecule has 0 saturated carbocycles. The van der Waals surface area contributed by atoms with Crippen molar-refractivity contribution in [3.05, 3.63) is 46.8 Å². The molecule has 0 bridgehead atoms. The SMILES string of the molecule is COC1=CC(C(C)C)=CC=CC1=C(C#N)C#N. The smallest absolute Gasteiger partial charge is 0.140 e. The molecule has 3 nitrogen and oxygen atoms in total. The van der Waals surface area contributed by atoms with Gasteiger partial charge in [0.05, 0.1) is 7.11 Å². The van der Waals surface area contributed by atoms with Gasteiger partial charge in [0.1, 0.15) is 23.5 Å². The number of nitrogens with zero attached hydrogens (tertiary/aromatic N) is 2. The minimum atomic E-state index is 0.0627. The van der Waals surface area contributed by atoms with Crippen LogP contribution in [0.4, 0.5) is 0 Å². The van der Waals surface area contributed by atoms with E-state index in [0.29, 0.717) is 17.3 Å². The van der Waals surface area contributed by atoms with Gasteiger partial charge < -0.3 is 4.74 Å². The summed E-state index contributed by atoms with van der Waals surface area (Å²) in [6, 6.07) is 3.76. The summed E-state index contributed by atoms with van der Waals surface area (Å²) in [6.07, 6.45) is 7.39. The van der Waals surface area contributed by atoms with Crippen LogP contribution in [0.5, 0.6) is 0 Å². The molecule has 0 N–H and O–H groups in total. The van der Waals surface area contributed by atoms with Crippen LogP contribution in [0.25, 0.3) is 0 Å². The number of nitriles is 2. The maximum atomic E-state index is 8.89. The second kappa shape index (κ2) is 5.72. The first-order valence-electron chi connectivity index (χ1n) is 5.32. The molecule has 1 aliphatic carbocycles. The van der Waals surface area contributed by atoms with Gasteiger partial charge >= 0.3 is 0 Å². The standard InChI is InChI=1S/C14H14N2O/c1-10(2)11-5-4-6-13(12(8-15)9-16)14(7-11)17-3/h4-7,10H,1-3H3. The fourth-order valence-corrected chi connectivity index (χ4v) is 1.49. The van der Waals surface area contributed by atoms with E-state index in [9.17, 15) is 0 Å². The highest BCUT2D eigenvalue weighted by Gasteiger charge is 2.13. The van der Waals surface area contributed by atoms with E-state index >= 15 is 0 Å². The van der Waals surface area contributed by atoms with Crippen molar-refractivity contribution < 1.29 is 4.74 Å². The summed E-state index contributed by atoms with van der Waals surface area (Å²) in [5.74, 6) is 0.911. The molecular formula is C14H14N2O. The van der Waals surface area contributed by atoms with Gasteiger partial charge in [-0.15, -0.1) is 0 Å². The minimum Gasteiger partial charge on any atom is -0.496 e. The van der Waals surface area contributed by atoms with E-state index in [1.165, 1.54) is 7.11 Å². The fourth-order valence-electron chi connectivity index (χ4n) is 1.49. The van der Waals surface area contributed by atoms with E-state index in [4.69, 9.17) is 15.3 Å². The largest absolute Gasteiger partial charge is 0.496 e. The second-order valence-electron chi connectivity index (χ2n) is 3.91.